The van der Waals surface area contributed by atoms with Crippen LogP contribution in [0.2, 0.25) is 0 Å². The molecule has 0 saturated heterocycles. The molecule has 0 spiro atoms. The Morgan fingerprint density at radius 3 is 2.33 bits per heavy atom. The highest BCUT2D eigenvalue weighted by Crippen LogP contribution is 2.26. The average Bonchev–Trinajstić information content (AvgIpc) is 3.26. The van der Waals surface area contributed by atoms with Crippen LogP contribution in [0.5, 0.6) is 0 Å². The lowest BCUT2D eigenvalue weighted by Gasteiger charge is -2.32. The molecule has 0 aliphatic heterocycles. The highest BCUT2D eigenvalue weighted by atomic mass is 32.1. The monoisotopic (exact) mass is 426 g/mol. The Morgan fingerprint density at radius 1 is 0.967 bits per heavy atom. The minimum Gasteiger partial charge on any atom is -0.333 e. The van der Waals surface area contributed by atoms with E-state index in [0.29, 0.717) is 25.6 Å². The van der Waals surface area contributed by atoms with Crippen LogP contribution >= 0.6 is 11.3 Å². The summed E-state index contributed by atoms with van der Waals surface area (Å²) in [5.41, 5.74) is 1.11. The quantitative estimate of drug-likeness (QED) is 0.543. The predicted octanol–water partition coefficient (Wildman–Crippen LogP) is 5.34. The molecule has 30 heavy (non-hydrogen) atoms. The molecule has 5 heteroatoms. The Kier molecular flexibility index (Phi) is 8.50. The molecule has 1 aliphatic carbocycles. The summed E-state index contributed by atoms with van der Waals surface area (Å²) in [7, 11) is 0. The molecule has 0 radical (unpaired) electrons. The van der Waals surface area contributed by atoms with Crippen molar-refractivity contribution >= 4 is 23.2 Å². The van der Waals surface area contributed by atoms with Gasteiger partial charge < -0.3 is 9.80 Å². The van der Waals surface area contributed by atoms with Crippen molar-refractivity contribution in [1.29, 1.82) is 0 Å². The molecule has 2 aromatic rings. The van der Waals surface area contributed by atoms with Gasteiger partial charge in [-0.3, -0.25) is 9.59 Å². The molecule has 162 valence electrons. The van der Waals surface area contributed by atoms with Crippen molar-refractivity contribution in [3.8, 4) is 0 Å². The van der Waals surface area contributed by atoms with Gasteiger partial charge in [-0.2, -0.15) is 0 Å². The topological polar surface area (TPSA) is 40.6 Å². The summed E-state index contributed by atoms with van der Waals surface area (Å²) in [6, 6.07) is 14.2. The van der Waals surface area contributed by atoms with Gasteiger partial charge in [0.1, 0.15) is 0 Å². The van der Waals surface area contributed by atoms with E-state index in [9.17, 15) is 9.59 Å². The molecule has 2 amide bonds. The third-order valence-electron chi connectivity index (χ3n) is 5.67. The molecule has 0 N–H and O–H groups in total. The van der Waals surface area contributed by atoms with Crippen molar-refractivity contribution < 1.29 is 9.59 Å². The maximum atomic E-state index is 13.4. The summed E-state index contributed by atoms with van der Waals surface area (Å²) in [6.45, 7) is 6.17. The van der Waals surface area contributed by atoms with E-state index in [1.165, 1.54) is 6.42 Å². The van der Waals surface area contributed by atoms with Crippen LogP contribution in [0.25, 0.3) is 0 Å². The van der Waals surface area contributed by atoms with Crippen LogP contribution in [0.15, 0.2) is 47.8 Å². The molecule has 0 atom stereocenters. The fraction of sp³-hybridized carbons (Fsp3) is 0.520. The maximum Gasteiger partial charge on any atom is 0.242 e. The van der Waals surface area contributed by atoms with Crippen molar-refractivity contribution in [2.45, 2.75) is 59.0 Å². The lowest BCUT2D eigenvalue weighted by atomic mass is 9.88. The summed E-state index contributed by atoms with van der Waals surface area (Å²) >= 11 is 1.66. The van der Waals surface area contributed by atoms with E-state index in [1.807, 2.05) is 51.6 Å². The standard InChI is InChI=1S/C25H34N2O2S/c1-20(2)16-27(25(29)22-12-7-4-8-13-22)19-24(28)26(18-23-14-9-15-30-23)17-21-10-5-3-6-11-21/h3,5-6,9-11,14-15,20,22H,4,7-8,12-13,16-19H2,1-2H3. The minimum absolute atomic E-state index is 0.0251. The second kappa shape index (κ2) is 11.3. The molecule has 1 aromatic heterocycles. The number of thiophene rings is 1. The van der Waals surface area contributed by atoms with Gasteiger partial charge in [-0.1, -0.05) is 69.5 Å². The molecule has 3 rings (SSSR count). The van der Waals surface area contributed by atoms with Crippen molar-refractivity contribution in [2.75, 3.05) is 13.1 Å². The smallest absolute Gasteiger partial charge is 0.242 e. The summed E-state index contributed by atoms with van der Waals surface area (Å²) in [5.74, 6) is 0.625. The fourth-order valence-electron chi connectivity index (χ4n) is 4.17. The summed E-state index contributed by atoms with van der Waals surface area (Å²) in [6.07, 6.45) is 5.39. The van der Waals surface area contributed by atoms with Gasteiger partial charge in [-0.15, -0.1) is 11.3 Å². The Morgan fingerprint density at radius 2 is 1.70 bits per heavy atom. The Balaban J connectivity index is 1.73. The molecule has 1 fully saturated rings. The van der Waals surface area contributed by atoms with Gasteiger partial charge in [-0.05, 0) is 35.8 Å². The molecular weight excluding hydrogens is 392 g/mol. The number of carbonyl (C=O) groups excluding carboxylic acids is 2. The van der Waals surface area contributed by atoms with Crippen LogP contribution in [0.4, 0.5) is 0 Å². The Hall–Kier alpha value is -2.14. The van der Waals surface area contributed by atoms with Crippen LogP contribution in [0.3, 0.4) is 0 Å². The van der Waals surface area contributed by atoms with E-state index in [1.54, 1.807) is 11.3 Å². The Labute approximate surface area is 184 Å². The number of nitrogens with zero attached hydrogens (tertiary/aromatic N) is 2. The average molecular weight is 427 g/mol. The van der Waals surface area contributed by atoms with Crippen molar-refractivity contribution in [3.63, 3.8) is 0 Å². The summed E-state index contributed by atoms with van der Waals surface area (Å²) < 4.78 is 0. The van der Waals surface area contributed by atoms with Crippen LogP contribution in [-0.2, 0) is 22.7 Å². The lowest BCUT2D eigenvalue weighted by molar-refractivity contribution is -0.144. The van der Waals surface area contributed by atoms with E-state index in [2.05, 4.69) is 19.9 Å². The molecule has 1 saturated carbocycles. The van der Waals surface area contributed by atoms with Gasteiger partial charge in [0.05, 0.1) is 13.1 Å². The van der Waals surface area contributed by atoms with Crippen molar-refractivity contribution in [2.24, 2.45) is 11.8 Å². The minimum atomic E-state index is 0.0251. The zero-order chi connectivity index (χ0) is 21.3. The molecule has 1 aliphatic rings. The zero-order valence-corrected chi connectivity index (χ0v) is 19.1. The second-order valence-electron chi connectivity index (χ2n) is 8.76. The van der Waals surface area contributed by atoms with E-state index in [4.69, 9.17) is 0 Å². The van der Waals surface area contributed by atoms with E-state index >= 15 is 0 Å². The van der Waals surface area contributed by atoms with Crippen molar-refractivity contribution in [1.82, 2.24) is 9.80 Å². The molecule has 1 heterocycles. The fourth-order valence-corrected chi connectivity index (χ4v) is 4.89. The predicted molar refractivity (Wildman–Crippen MR) is 123 cm³/mol. The van der Waals surface area contributed by atoms with Crippen LogP contribution < -0.4 is 0 Å². The normalized spacial score (nSPS) is 14.6. The maximum absolute atomic E-state index is 13.4. The van der Waals surface area contributed by atoms with Gasteiger partial charge in [0.25, 0.3) is 0 Å². The first-order chi connectivity index (χ1) is 14.5. The first kappa shape index (κ1) is 22.5. The molecule has 0 bridgehead atoms. The zero-order valence-electron chi connectivity index (χ0n) is 18.3. The Bertz CT molecular complexity index is 783. The molecule has 0 unspecified atom stereocenters. The number of amides is 2. The first-order valence-corrected chi connectivity index (χ1v) is 12.0. The first-order valence-electron chi connectivity index (χ1n) is 11.2. The van der Waals surface area contributed by atoms with Gasteiger partial charge in [0.2, 0.25) is 11.8 Å². The number of hydrogen-bond acceptors (Lipinski definition) is 3. The SMILES string of the molecule is CC(C)CN(CC(=O)N(Cc1ccccc1)Cc1cccs1)C(=O)C1CCCCC1. The van der Waals surface area contributed by atoms with Gasteiger partial charge >= 0.3 is 0 Å². The second-order valence-corrected chi connectivity index (χ2v) is 9.79. The number of carbonyl (C=O) groups is 2. The number of hydrogen-bond donors (Lipinski definition) is 0. The van der Waals surface area contributed by atoms with Crippen LogP contribution in [0.1, 0.15) is 56.4 Å². The largest absolute Gasteiger partial charge is 0.333 e. The third kappa shape index (κ3) is 6.69. The number of rotatable bonds is 9. The van der Waals surface area contributed by atoms with E-state index in [-0.39, 0.29) is 24.3 Å². The molecule has 1 aromatic carbocycles. The lowest BCUT2D eigenvalue weighted by Crippen LogP contribution is -2.46. The van der Waals surface area contributed by atoms with Crippen LogP contribution in [0, 0.1) is 11.8 Å². The molecule has 4 nitrogen and oxygen atoms in total. The summed E-state index contributed by atoms with van der Waals surface area (Å²) in [4.78, 5) is 31.5. The van der Waals surface area contributed by atoms with Gasteiger partial charge in [-0.25, -0.2) is 0 Å². The van der Waals surface area contributed by atoms with Crippen molar-refractivity contribution in [3.05, 3.63) is 58.3 Å². The third-order valence-corrected chi connectivity index (χ3v) is 6.53. The van der Waals surface area contributed by atoms with E-state index < -0.39 is 0 Å². The van der Waals surface area contributed by atoms with Gasteiger partial charge in [0.15, 0.2) is 0 Å². The highest BCUT2D eigenvalue weighted by Gasteiger charge is 2.29. The van der Waals surface area contributed by atoms with Crippen LogP contribution in [-0.4, -0.2) is 34.7 Å². The number of benzene rings is 1. The highest BCUT2D eigenvalue weighted by molar-refractivity contribution is 7.09. The van der Waals surface area contributed by atoms with Gasteiger partial charge in [0, 0.05) is 23.9 Å². The van der Waals surface area contributed by atoms with E-state index in [0.717, 1.165) is 36.1 Å². The summed E-state index contributed by atoms with van der Waals surface area (Å²) in [5, 5.41) is 2.04. The molecular formula is C25H34N2O2S.